The summed E-state index contributed by atoms with van der Waals surface area (Å²) in [4.78, 5) is 35.0. The van der Waals surface area contributed by atoms with E-state index < -0.39 is 51.8 Å². The molecule has 0 rings (SSSR count). The summed E-state index contributed by atoms with van der Waals surface area (Å²) >= 11 is 0. The molecule has 0 aromatic carbocycles. The number of rotatable bonds is 41. The molecule has 0 aromatic heterocycles. The third-order valence-corrected chi connectivity index (χ3v) is 10.3. The lowest BCUT2D eigenvalue weighted by Crippen LogP contribution is -2.29. The van der Waals surface area contributed by atoms with E-state index >= 15 is 0 Å². The quantitative estimate of drug-likeness (QED) is 0.0236. The fourth-order valence-electron chi connectivity index (χ4n) is 5.96. The predicted molar refractivity (Wildman–Crippen MR) is 219 cm³/mol. The molecule has 0 saturated heterocycles. The zero-order valence-electron chi connectivity index (χ0n) is 34.4. The number of carbonyl (C=O) groups excluding carboxylic acids is 2. The van der Waals surface area contributed by atoms with Crippen LogP contribution < -0.4 is 0 Å². The maximum atomic E-state index is 12.6. The highest BCUT2D eigenvalue weighted by Crippen LogP contribution is 2.43. The molecule has 54 heavy (non-hydrogen) atoms. The molecule has 0 heterocycles. The Hall–Kier alpha value is -1.55. The van der Waals surface area contributed by atoms with Crippen LogP contribution in [-0.2, 0) is 32.7 Å². The Labute approximate surface area is 329 Å². The summed E-state index contributed by atoms with van der Waals surface area (Å²) in [5.74, 6) is -0.926. The second kappa shape index (κ2) is 39.7. The number of unbranched alkanes of at least 4 members (excludes halogenated alkanes) is 23. The van der Waals surface area contributed by atoms with Crippen molar-refractivity contribution in [3.8, 4) is 0 Å². The van der Waals surface area contributed by atoms with Gasteiger partial charge in [-0.3, -0.25) is 18.6 Å². The van der Waals surface area contributed by atoms with Crippen LogP contribution in [-0.4, -0.2) is 65.7 Å². The normalized spacial score (nSPS) is 14.1. The molecule has 0 aromatic rings. The van der Waals surface area contributed by atoms with Crippen LogP contribution in [0.4, 0.5) is 0 Å². The van der Waals surface area contributed by atoms with Crippen molar-refractivity contribution in [3.63, 3.8) is 0 Å². The lowest BCUT2D eigenvalue weighted by atomic mass is 10.0. The van der Waals surface area contributed by atoms with Crippen molar-refractivity contribution in [2.45, 2.75) is 212 Å². The molecule has 3 atom stereocenters. The van der Waals surface area contributed by atoms with Crippen molar-refractivity contribution < 1.29 is 47.8 Å². The first-order chi connectivity index (χ1) is 26.2. The van der Waals surface area contributed by atoms with Gasteiger partial charge in [-0.15, -0.1) is 0 Å². The van der Waals surface area contributed by atoms with Crippen LogP contribution in [0.15, 0.2) is 24.3 Å². The second-order valence-electron chi connectivity index (χ2n) is 14.7. The predicted octanol–water partition coefficient (Wildman–Crippen LogP) is 11.4. The van der Waals surface area contributed by atoms with Crippen LogP contribution in [0.2, 0.25) is 0 Å². The molecule has 1 unspecified atom stereocenters. The van der Waals surface area contributed by atoms with Crippen LogP contribution in [0, 0.1) is 0 Å². The Morgan fingerprint density at radius 1 is 0.556 bits per heavy atom. The van der Waals surface area contributed by atoms with Crippen molar-refractivity contribution in [2.24, 2.45) is 0 Å². The minimum Gasteiger partial charge on any atom is -0.462 e. The molecule has 0 aliphatic carbocycles. The molecular weight excluding hydrogens is 707 g/mol. The van der Waals surface area contributed by atoms with E-state index in [1.54, 1.807) is 0 Å². The summed E-state index contributed by atoms with van der Waals surface area (Å²) in [6, 6.07) is 0. The smallest absolute Gasteiger partial charge is 0.462 e. The molecule has 0 radical (unpaired) electrons. The molecule has 0 saturated carbocycles. The molecule has 10 nitrogen and oxygen atoms in total. The van der Waals surface area contributed by atoms with Gasteiger partial charge in [-0.05, 0) is 44.9 Å². The van der Waals surface area contributed by atoms with E-state index in [0.717, 1.165) is 51.4 Å². The summed E-state index contributed by atoms with van der Waals surface area (Å²) in [5.41, 5.74) is 0. The van der Waals surface area contributed by atoms with Gasteiger partial charge >= 0.3 is 19.8 Å². The molecule has 0 fully saturated rings. The van der Waals surface area contributed by atoms with E-state index in [9.17, 15) is 24.2 Å². The zero-order chi connectivity index (χ0) is 39.8. The summed E-state index contributed by atoms with van der Waals surface area (Å²) in [7, 11) is -4.61. The van der Waals surface area contributed by atoms with Crippen LogP contribution >= 0.6 is 7.82 Å². The Morgan fingerprint density at radius 3 is 1.46 bits per heavy atom. The van der Waals surface area contributed by atoms with Gasteiger partial charge in [-0.1, -0.05) is 167 Å². The zero-order valence-corrected chi connectivity index (χ0v) is 35.3. The molecule has 0 bridgehead atoms. The highest BCUT2D eigenvalue weighted by Gasteiger charge is 2.27. The number of carbonyl (C=O) groups is 2. The van der Waals surface area contributed by atoms with E-state index in [4.69, 9.17) is 19.1 Å². The van der Waals surface area contributed by atoms with Gasteiger partial charge in [0.15, 0.2) is 6.10 Å². The summed E-state index contributed by atoms with van der Waals surface area (Å²) in [6.45, 7) is 2.36. The van der Waals surface area contributed by atoms with Gasteiger partial charge in [0.05, 0.1) is 19.8 Å². The van der Waals surface area contributed by atoms with Crippen molar-refractivity contribution in [1.82, 2.24) is 0 Å². The standard InChI is InChI=1S/C43H81O10P/c1-3-5-7-9-11-13-15-17-19-20-21-23-25-27-29-31-33-35-43(47)53-41(39-52-54(48,49)51-37-40(45)36-44)38-50-42(46)34-32-30-28-26-24-22-18-16-14-12-10-8-6-4-2/h11,13,17,19,40-41,44-45H,3-10,12,14-16,18,20-39H2,1-2H3,(H,48,49)/b13-11+,19-17+/t40-,41+/m0/s1. The number of phosphoric acid groups is 1. The molecule has 318 valence electrons. The van der Waals surface area contributed by atoms with E-state index in [1.807, 2.05) is 0 Å². The van der Waals surface area contributed by atoms with Gasteiger partial charge in [0.25, 0.3) is 0 Å². The Balaban J connectivity index is 4.29. The third kappa shape index (κ3) is 38.7. The topological polar surface area (TPSA) is 149 Å². The number of aliphatic hydroxyl groups is 2. The first-order valence-corrected chi connectivity index (χ1v) is 23.3. The molecule has 0 amide bonds. The van der Waals surface area contributed by atoms with Gasteiger partial charge in [0.1, 0.15) is 12.7 Å². The number of hydrogen-bond acceptors (Lipinski definition) is 9. The SMILES string of the molecule is CCCCC/C=C/C/C=C/CCCCCCCCCC(=O)O[C@H](COC(=O)CCCCCCCCCCCCCCCC)COP(=O)(O)OC[C@@H](O)CO. The van der Waals surface area contributed by atoms with Crippen molar-refractivity contribution in [1.29, 1.82) is 0 Å². The average molecular weight is 789 g/mol. The maximum Gasteiger partial charge on any atom is 0.472 e. The fraction of sp³-hybridized carbons (Fsp3) is 0.860. The maximum absolute atomic E-state index is 12.6. The van der Waals surface area contributed by atoms with E-state index in [2.05, 4.69) is 42.7 Å². The van der Waals surface area contributed by atoms with Crippen LogP contribution in [0.3, 0.4) is 0 Å². The summed E-state index contributed by atoms with van der Waals surface area (Å²) < 4.78 is 32.7. The first-order valence-electron chi connectivity index (χ1n) is 21.8. The number of hydrogen-bond donors (Lipinski definition) is 3. The molecule has 0 spiro atoms. The monoisotopic (exact) mass is 789 g/mol. The van der Waals surface area contributed by atoms with Crippen molar-refractivity contribution in [3.05, 3.63) is 24.3 Å². The number of aliphatic hydroxyl groups excluding tert-OH is 2. The minimum atomic E-state index is -4.61. The number of esters is 2. The summed E-state index contributed by atoms with van der Waals surface area (Å²) in [6.07, 6.45) is 38.5. The van der Waals surface area contributed by atoms with Crippen molar-refractivity contribution >= 4 is 19.8 Å². The molecular formula is C43H81O10P. The van der Waals surface area contributed by atoms with Crippen LogP contribution in [0.5, 0.6) is 0 Å². The van der Waals surface area contributed by atoms with Crippen LogP contribution in [0.1, 0.15) is 200 Å². The molecule has 0 aliphatic heterocycles. The number of allylic oxidation sites excluding steroid dienone is 4. The van der Waals surface area contributed by atoms with Crippen molar-refractivity contribution in [2.75, 3.05) is 26.4 Å². The van der Waals surface area contributed by atoms with E-state index in [0.29, 0.717) is 12.8 Å². The molecule has 11 heteroatoms. The lowest BCUT2D eigenvalue weighted by molar-refractivity contribution is -0.161. The van der Waals surface area contributed by atoms with Gasteiger partial charge < -0.3 is 24.6 Å². The Kier molecular flexibility index (Phi) is 38.5. The number of phosphoric ester groups is 1. The highest BCUT2D eigenvalue weighted by molar-refractivity contribution is 7.47. The van der Waals surface area contributed by atoms with E-state index in [1.165, 1.54) is 109 Å². The Morgan fingerprint density at radius 2 is 0.963 bits per heavy atom. The third-order valence-electron chi connectivity index (χ3n) is 9.36. The van der Waals surface area contributed by atoms with E-state index in [-0.39, 0.29) is 19.4 Å². The number of ether oxygens (including phenoxy) is 2. The van der Waals surface area contributed by atoms with Gasteiger partial charge in [-0.2, -0.15) is 0 Å². The molecule has 3 N–H and O–H groups in total. The summed E-state index contributed by atoms with van der Waals surface area (Å²) in [5, 5.41) is 18.3. The van der Waals surface area contributed by atoms with Gasteiger partial charge in [0, 0.05) is 12.8 Å². The first kappa shape index (κ1) is 52.5. The highest BCUT2D eigenvalue weighted by atomic mass is 31.2. The molecule has 0 aliphatic rings. The average Bonchev–Trinajstić information content (AvgIpc) is 3.16. The second-order valence-corrected chi connectivity index (χ2v) is 16.2. The minimum absolute atomic E-state index is 0.178. The van der Waals surface area contributed by atoms with Crippen LogP contribution in [0.25, 0.3) is 0 Å². The van der Waals surface area contributed by atoms with Gasteiger partial charge in [0.2, 0.25) is 0 Å². The van der Waals surface area contributed by atoms with Gasteiger partial charge in [-0.25, -0.2) is 4.57 Å². The fourth-order valence-corrected chi connectivity index (χ4v) is 6.75. The Bertz CT molecular complexity index is 957. The largest absolute Gasteiger partial charge is 0.472 e. The lowest BCUT2D eigenvalue weighted by Gasteiger charge is -2.20.